The van der Waals surface area contributed by atoms with E-state index in [4.69, 9.17) is 0 Å². The number of aromatic nitrogens is 2. The van der Waals surface area contributed by atoms with E-state index in [1.165, 1.54) is 38.6 Å². The maximum Gasteiger partial charge on any atom is 0.267 e. The molecule has 0 saturated heterocycles. The number of phosphoric acid groups is 1. The summed E-state index contributed by atoms with van der Waals surface area (Å²) >= 11 is 0. The lowest BCUT2D eigenvalue weighted by Gasteiger charge is -2.16. The summed E-state index contributed by atoms with van der Waals surface area (Å²) in [4.78, 5) is 9.95. The molecule has 0 aromatic carbocycles. The minimum absolute atomic E-state index is 1.04. The van der Waals surface area contributed by atoms with E-state index < -0.39 is 7.82 Å². The Bertz CT molecular complexity index is 401. The number of aryl methyl sites for hydroxylation is 2. The molecule has 21 heavy (non-hydrogen) atoms. The van der Waals surface area contributed by atoms with Gasteiger partial charge >= 0.3 is 0 Å². The molecule has 1 rings (SSSR count). The molecule has 0 radical (unpaired) electrons. The van der Waals surface area contributed by atoms with Crippen LogP contribution in [0.15, 0.2) is 18.7 Å². The fourth-order valence-corrected chi connectivity index (χ4v) is 1.88. The molecule has 1 aromatic rings. The third-order valence-corrected chi connectivity index (χ3v) is 3.97. The quantitative estimate of drug-likeness (QED) is 0.398. The fourth-order valence-electron chi connectivity index (χ4n) is 1.73. The van der Waals surface area contributed by atoms with E-state index in [1.807, 2.05) is 0 Å². The van der Waals surface area contributed by atoms with Gasteiger partial charge in [-0.3, -0.25) is 4.57 Å². The van der Waals surface area contributed by atoms with Gasteiger partial charge in [0.2, 0.25) is 6.33 Å². The van der Waals surface area contributed by atoms with Crippen LogP contribution < -0.4 is 9.46 Å². The summed E-state index contributed by atoms with van der Waals surface area (Å²) in [5.74, 6) is 0. The molecule has 0 aliphatic heterocycles. The lowest BCUT2D eigenvalue weighted by molar-refractivity contribution is -0.693. The molecule has 7 heteroatoms. The lowest BCUT2D eigenvalue weighted by atomic mass is 10.1. The van der Waals surface area contributed by atoms with Gasteiger partial charge in [0.25, 0.3) is 7.82 Å². The number of unbranched alkanes of at least 4 members (excludes halogenated alkanes) is 4. The Morgan fingerprint density at radius 3 is 2.19 bits per heavy atom. The third-order valence-electron chi connectivity index (χ3n) is 3.08. The van der Waals surface area contributed by atoms with Gasteiger partial charge in [0.15, 0.2) is 0 Å². The minimum Gasteiger partial charge on any atom is -0.756 e. The van der Waals surface area contributed by atoms with E-state index in [0.717, 1.165) is 20.8 Å². The average Bonchev–Trinajstić information content (AvgIpc) is 2.96. The van der Waals surface area contributed by atoms with Crippen molar-refractivity contribution in [1.29, 1.82) is 0 Å². The van der Waals surface area contributed by atoms with Crippen LogP contribution in [0.4, 0.5) is 0 Å². The largest absolute Gasteiger partial charge is 0.756 e. The predicted octanol–water partition coefficient (Wildman–Crippen LogP) is 2.51. The second kappa shape index (κ2) is 11.9. The molecule has 1 aromatic heterocycles. The predicted molar refractivity (Wildman–Crippen MR) is 80.7 cm³/mol. The van der Waals surface area contributed by atoms with Gasteiger partial charge in [-0.1, -0.05) is 26.2 Å². The summed E-state index contributed by atoms with van der Waals surface area (Å²) in [6.07, 6.45) is 13.3. The van der Waals surface area contributed by atoms with Crippen molar-refractivity contribution in [3.8, 4) is 0 Å². The highest BCUT2D eigenvalue weighted by Crippen LogP contribution is 2.34. The highest BCUT2D eigenvalue weighted by atomic mass is 31.2. The maximum absolute atomic E-state index is 9.95. The van der Waals surface area contributed by atoms with Gasteiger partial charge in [0.05, 0.1) is 13.1 Å². The first kappa shape index (κ1) is 20.3. The van der Waals surface area contributed by atoms with Crippen LogP contribution in [-0.2, 0) is 26.7 Å². The zero-order chi connectivity index (χ0) is 16.1. The molecule has 0 aliphatic carbocycles. The molecule has 0 fully saturated rings. The van der Waals surface area contributed by atoms with Crippen molar-refractivity contribution in [2.24, 2.45) is 0 Å². The molecule has 0 aliphatic rings. The van der Waals surface area contributed by atoms with Crippen LogP contribution in [0.5, 0.6) is 0 Å². The molecule has 0 unspecified atom stereocenters. The highest BCUT2D eigenvalue weighted by molar-refractivity contribution is 7.45. The highest BCUT2D eigenvalue weighted by Gasteiger charge is 2.00. The van der Waals surface area contributed by atoms with Gasteiger partial charge in [-0.25, -0.2) is 9.13 Å². The van der Waals surface area contributed by atoms with Crippen LogP contribution in [0.2, 0.25) is 0 Å². The van der Waals surface area contributed by atoms with E-state index in [9.17, 15) is 9.46 Å². The number of imidazole rings is 1. The fraction of sp³-hybridized carbons (Fsp3) is 0.786. The molecule has 1 heterocycles. The van der Waals surface area contributed by atoms with Crippen molar-refractivity contribution >= 4 is 7.82 Å². The molecular formula is C14H29N2O4P. The smallest absolute Gasteiger partial charge is 0.267 e. The summed E-state index contributed by atoms with van der Waals surface area (Å²) in [6.45, 7) is 6.68. The van der Waals surface area contributed by atoms with Gasteiger partial charge < -0.3 is 13.9 Å². The number of nitrogens with zero attached hydrogens (tertiary/aromatic N) is 2. The zero-order valence-electron chi connectivity index (χ0n) is 13.7. The van der Waals surface area contributed by atoms with Crippen LogP contribution in [0.25, 0.3) is 0 Å². The van der Waals surface area contributed by atoms with Crippen molar-refractivity contribution in [1.82, 2.24) is 4.57 Å². The minimum atomic E-state index is -3.90. The third kappa shape index (κ3) is 10.7. The Kier molecular flexibility index (Phi) is 11.5. The van der Waals surface area contributed by atoms with Crippen LogP contribution in [0, 0.1) is 0 Å². The van der Waals surface area contributed by atoms with Gasteiger partial charge in [0.1, 0.15) is 12.4 Å². The molecule has 0 saturated carbocycles. The monoisotopic (exact) mass is 320 g/mol. The van der Waals surface area contributed by atoms with E-state index in [2.05, 4.69) is 50.8 Å². The van der Waals surface area contributed by atoms with Crippen LogP contribution in [0.1, 0.15) is 46.0 Å². The van der Waals surface area contributed by atoms with Crippen molar-refractivity contribution in [2.45, 2.75) is 59.0 Å². The zero-order valence-corrected chi connectivity index (χ0v) is 14.6. The summed E-state index contributed by atoms with van der Waals surface area (Å²) in [6, 6.07) is 0. The van der Waals surface area contributed by atoms with E-state index >= 15 is 0 Å². The van der Waals surface area contributed by atoms with Crippen molar-refractivity contribution in [2.75, 3.05) is 14.2 Å². The SMILES string of the molecule is CCCCCCCn1cc[n+](CC)c1.COP(=O)([O-])OC. The first-order valence-corrected chi connectivity index (χ1v) is 8.92. The Morgan fingerprint density at radius 1 is 1.14 bits per heavy atom. The molecule has 0 N–H and O–H groups in total. The Labute approximate surface area is 128 Å². The number of rotatable bonds is 9. The second-order valence-corrected chi connectivity index (χ2v) is 6.33. The molecule has 0 bridgehead atoms. The average molecular weight is 320 g/mol. The Hall–Kier alpha value is -0.680. The number of phosphoric ester groups is 1. The van der Waals surface area contributed by atoms with Gasteiger partial charge in [0, 0.05) is 14.2 Å². The van der Waals surface area contributed by atoms with E-state index in [0.29, 0.717) is 0 Å². The summed E-state index contributed by atoms with van der Waals surface area (Å²) in [7, 11) is -1.83. The Morgan fingerprint density at radius 2 is 1.76 bits per heavy atom. The van der Waals surface area contributed by atoms with Crippen LogP contribution in [0.3, 0.4) is 0 Å². The first-order valence-electron chi connectivity index (χ1n) is 7.46. The first-order chi connectivity index (χ1) is 9.99. The van der Waals surface area contributed by atoms with Crippen LogP contribution >= 0.6 is 7.82 Å². The van der Waals surface area contributed by atoms with Gasteiger partial charge in [-0.15, -0.1) is 0 Å². The van der Waals surface area contributed by atoms with Crippen LogP contribution in [-0.4, -0.2) is 18.8 Å². The Balaban J connectivity index is 0.000000486. The molecule has 6 nitrogen and oxygen atoms in total. The molecular weight excluding hydrogens is 291 g/mol. The standard InChI is InChI=1S/C12H23N2.C2H7O4P/c1-3-5-6-7-8-9-14-11-10-13(4-2)12-14;1-5-7(3,4)6-2/h10-12H,3-9H2,1-2H3;1-2H3,(H,3,4)/q+1;/p-1. The number of hydrogen-bond donors (Lipinski definition) is 0. The molecule has 0 spiro atoms. The number of hydrogen-bond acceptors (Lipinski definition) is 4. The lowest BCUT2D eigenvalue weighted by Crippen LogP contribution is -2.28. The normalized spacial score (nSPS) is 11.1. The van der Waals surface area contributed by atoms with E-state index in [1.54, 1.807) is 0 Å². The topological polar surface area (TPSA) is 67.4 Å². The van der Waals surface area contributed by atoms with E-state index in [-0.39, 0.29) is 0 Å². The maximum atomic E-state index is 9.95. The summed E-state index contributed by atoms with van der Waals surface area (Å²) < 4.78 is 22.2. The second-order valence-electron chi connectivity index (χ2n) is 4.71. The summed E-state index contributed by atoms with van der Waals surface area (Å²) in [5.41, 5.74) is 0. The van der Waals surface area contributed by atoms with Gasteiger partial charge in [-0.2, -0.15) is 0 Å². The molecule has 124 valence electrons. The van der Waals surface area contributed by atoms with Crippen molar-refractivity contribution < 1.29 is 23.1 Å². The van der Waals surface area contributed by atoms with Crippen molar-refractivity contribution in [3.63, 3.8) is 0 Å². The molecule has 0 atom stereocenters. The summed E-state index contributed by atoms with van der Waals surface area (Å²) in [5, 5.41) is 0. The molecule has 0 amide bonds. The van der Waals surface area contributed by atoms with Gasteiger partial charge in [-0.05, 0) is 19.8 Å². The van der Waals surface area contributed by atoms with Crippen molar-refractivity contribution in [3.05, 3.63) is 18.7 Å².